The number of methoxy groups -OCH3 is 1. The number of rotatable bonds is 5. The van der Waals surface area contributed by atoms with Crippen LogP contribution in [0, 0.1) is 0 Å². The largest absolute Gasteiger partial charge is 0.493 e. The summed E-state index contributed by atoms with van der Waals surface area (Å²) in [7, 11) is 1.54. The number of Topliss-reactive ketones (excluding diaryl/α,β-unsaturated/α-hetero) is 1. The normalized spacial score (nSPS) is 10.3. The highest BCUT2D eigenvalue weighted by atomic mass is 35.5. The molecular formula is C12H15ClO3. The Balaban J connectivity index is 3.01. The van der Waals surface area contributed by atoms with E-state index in [1.165, 1.54) is 7.11 Å². The Hall–Kier alpha value is -1.22. The molecule has 0 spiro atoms. The van der Waals surface area contributed by atoms with Crippen molar-refractivity contribution in [2.75, 3.05) is 13.0 Å². The minimum Gasteiger partial charge on any atom is -0.493 e. The smallest absolute Gasteiger partial charge is 0.177 e. The highest BCUT2D eigenvalue weighted by molar-refractivity contribution is 6.30. The molecule has 4 heteroatoms. The van der Waals surface area contributed by atoms with Gasteiger partial charge < -0.3 is 9.47 Å². The van der Waals surface area contributed by atoms with E-state index in [2.05, 4.69) is 0 Å². The van der Waals surface area contributed by atoms with Gasteiger partial charge in [0.1, 0.15) is 0 Å². The van der Waals surface area contributed by atoms with Crippen molar-refractivity contribution < 1.29 is 14.3 Å². The number of alkyl halides is 1. The summed E-state index contributed by atoms with van der Waals surface area (Å²) in [5, 5.41) is 0. The Morgan fingerprint density at radius 2 is 2.06 bits per heavy atom. The van der Waals surface area contributed by atoms with Gasteiger partial charge in [-0.15, -0.1) is 11.6 Å². The van der Waals surface area contributed by atoms with Crippen molar-refractivity contribution in [1.82, 2.24) is 0 Å². The van der Waals surface area contributed by atoms with Crippen LogP contribution in [0.3, 0.4) is 0 Å². The topological polar surface area (TPSA) is 35.5 Å². The molecule has 0 aliphatic rings. The van der Waals surface area contributed by atoms with Crippen LogP contribution >= 0.6 is 11.6 Å². The van der Waals surface area contributed by atoms with Crippen molar-refractivity contribution in [3.05, 3.63) is 23.8 Å². The number of carbonyl (C=O) groups excluding carboxylic acids is 1. The fraction of sp³-hybridized carbons (Fsp3) is 0.417. The first-order valence-corrected chi connectivity index (χ1v) is 5.55. The van der Waals surface area contributed by atoms with Gasteiger partial charge in [-0.2, -0.15) is 0 Å². The lowest BCUT2D eigenvalue weighted by Crippen LogP contribution is -2.08. The van der Waals surface area contributed by atoms with Crippen molar-refractivity contribution in [3.63, 3.8) is 0 Å². The van der Waals surface area contributed by atoms with Gasteiger partial charge in [0.25, 0.3) is 0 Å². The molecule has 0 aromatic heterocycles. The minimum absolute atomic E-state index is 0.0342. The standard InChI is InChI=1S/C12H15ClO3/c1-8(2)16-11-5-4-9(10(14)7-13)6-12(11)15-3/h4-6,8H,7H2,1-3H3. The summed E-state index contributed by atoms with van der Waals surface area (Å²) in [6.45, 7) is 3.86. The highest BCUT2D eigenvalue weighted by Gasteiger charge is 2.11. The van der Waals surface area contributed by atoms with Crippen LogP contribution in [-0.2, 0) is 0 Å². The summed E-state index contributed by atoms with van der Waals surface area (Å²) in [5.74, 6) is 1.01. The Labute approximate surface area is 100 Å². The maximum absolute atomic E-state index is 11.4. The van der Waals surface area contributed by atoms with E-state index in [4.69, 9.17) is 21.1 Å². The van der Waals surface area contributed by atoms with E-state index in [0.29, 0.717) is 17.1 Å². The first-order chi connectivity index (χ1) is 7.58. The summed E-state index contributed by atoms with van der Waals surface area (Å²) in [5.41, 5.74) is 0.531. The van der Waals surface area contributed by atoms with E-state index >= 15 is 0 Å². The third-order valence-corrected chi connectivity index (χ3v) is 2.21. The molecular weight excluding hydrogens is 228 g/mol. The second kappa shape index (κ2) is 5.75. The SMILES string of the molecule is COc1cc(C(=O)CCl)ccc1OC(C)C. The number of benzene rings is 1. The molecule has 0 bridgehead atoms. The number of ether oxygens (including phenoxy) is 2. The Kier molecular flexibility index (Phi) is 4.62. The summed E-state index contributed by atoms with van der Waals surface area (Å²) < 4.78 is 10.7. The van der Waals surface area contributed by atoms with Gasteiger partial charge in [-0.05, 0) is 32.0 Å². The summed E-state index contributed by atoms with van der Waals surface area (Å²) in [6.07, 6.45) is 0.0588. The molecule has 0 saturated carbocycles. The van der Waals surface area contributed by atoms with Crippen LogP contribution in [0.4, 0.5) is 0 Å². The van der Waals surface area contributed by atoms with Crippen LogP contribution in [0.5, 0.6) is 11.5 Å². The molecule has 0 aliphatic carbocycles. The molecule has 1 aromatic rings. The second-order valence-electron chi connectivity index (χ2n) is 3.59. The van der Waals surface area contributed by atoms with E-state index in [1.54, 1.807) is 18.2 Å². The van der Waals surface area contributed by atoms with Crippen molar-refractivity contribution in [1.29, 1.82) is 0 Å². The van der Waals surface area contributed by atoms with Crippen molar-refractivity contribution >= 4 is 17.4 Å². The fourth-order valence-corrected chi connectivity index (χ4v) is 1.42. The summed E-state index contributed by atoms with van der Waals surface area (Å²) in [4.78, 5) is 11.4. The predicted molar refractivity (Wildman–Crippen MR) is 63.8 cm³/mol. The quantitative estimate of drug-likeness (QED) is 0.588. The van der Waals surface area contributed by atoms with Crippen molar-refractivity contribution in [3.8, 4) is 11.5 Å². The Morgan fingerprint density at radius 3 is 2.56 bits per heavy atom. The molecule has 3 nitrogen and oxygen atoms in total. The van der Waals surface area contributed by atoms with Crippen molar-refractivity contribution in [2.45, 2.75) is 20.0 Å². The van der Waals surface area contributed by atoms with Crippen LogP contribution in [0.1, 0.15) is 24.2 Å². The summed E-state index contributed by atoms with van der Waals surface area (Å²) in [6, 6.07) is 5.05. The molecule has 0 atom stereocenters. The molecule has 0 fully saturated rings. The molecule has 0 aliphatic heterocycles. The minimum atomic E-state index is -0.129. The van der Waals surface area contributed by atoms with E-state index in [1.807, 2.05) is 13.8 Å². The molecule has 0 radical (unpaired) electrons. The van der Waals surface area contributed by atoms with E-state index in [9.17, 15) is 4.79 Å². The number of carbonyl (C=O) groups is 1. The molecule has 1 rings (SSSR count). The maximum Gasteiger partial charge on any atom is 0.177 e. The number of hydrogen-bond acceptors (Lipinski definition) is 3. The lowest BCUT2D eigenvalue weighted by molar-refractivity contribution is 0.102. The molecule has 0 saturated heterocycles. The zero-order valence-electron chi connectivity index (χ0n) is 9.62. The lowest BCUT2D eigenvalue weighted by Gasteiger charge is -2.13. The molecule has 88 valence electrons. The molecule has 0 heterocycles. The van der Waals surface area contributed by atoms with Gasteiger partial charge in [0.05, 0.1) is 19.1 Å². The van der Waals surface area contributed by atoms with Gasteiger partial charge >= 0.3 is 0 Å². The molecule has 1 aromatic carbocycles. The van der Waals surface area contributed by atoms with Crippen LogP contribution in [0.15, 0.2) is 18.2 Å². The predicted octanol–water partition coefficient (Wildman–Crippen LogP) is 2.90. The average molecular weight is 243 g/mol. The van der Waals surface area contributed by atoms with Gasteiger partial charge in [0.2, 0.25) is 0 Å². The monoisotopic (exact) mass is 242 g/mol. The number of halogens is 1. The zero-order valence-corrected chi connectivity index (χ0v) is 10.4. The van der Waals surface area contributed by atoms with Gasteiger partial charge in [-0.3, -0.25) is 4.79 Å². The van der Waals surface area contributed by atoms with E-state index < -0.39 is 0 Å². The molecule has 0 amide bonds. The van der Waals surface area contributed by atoms with Gasteiger partial charge in [0, 0.05) is 5.56 Å². The van der Waals surface area contributed by atoms with Crippen LogP contribution < -0.4 is 9.47 Å². The van der Waals surface area contributed by atoms with E-state index in [-0.39, 0.29) is 17.8 Å². The lowest BCUT2D eigenvalue weighted by atomic mass is 10.1. The molecule has 16 heavy (non-hydrogen) atoms. The van der Waals surface area contributed by atoms with Crippen LogP contribution in [-0.4, -0.2) is 24.9 Å². The first kappa shape index (κ1) is 12.8. The maximum atomic E-state index is 11.4. The van der Waals surface area contributed by atoms with Gasteiger partial charge in [-0.1, -0.05) is 0 Å². The molecule has 0 unspecified atom stereocenters. The summed E-state index contributed by atoms with van der Waals surface area (Å²) >= 11 is 5.48. The Morgan fingerprint density at radius 1 is 1.38 bits per heavy atom. The van der Waals surface area contributed by atoms with Crippen molar-refractivity contribution in [2.24, 2.45) is 0 Å². The fourth-order valence-electron chi connectivity index (χ4n) is 1.27. The van der Waals surface area contributed by atoms with Crippen LogP contribution in [0.2, 0.25) is 0 Å². The molecule has 0 N–H and O–H groups in total. The Bertz CT molecular complexity index is 375. The first-order valence-electron chi connectivity index (χ1n) is 5.02. The van der Waals surface area contributed by atoms with Crippen LogP contribution in [0.25, 0.3) is 0 Å². The highest BCUT2D eigenvalue weighted by Crippen LogP contribution is 2.29. The average Bonchev–Trinajstić information content (AvgIpc) is 2.27. The number of ketones is 1. The van der Waals surface area contributed by atoms with Gasteiger partial charge in [-0.25, -0.2) is 0 Å². The zero-order chi connectivity index (χ0) is 12.1. The third kappa shape index (κ3) is 3.14. The third-order valence-electron chi connectivity index (χ3n) is 1.97. The van der Waals surface area contributed by atoms with E-state index in [0.717, 1.165) is 0 Å². The second-order valence-corrected chi connectivity index (χ2v) is 3.86. The number of hydrogen-bond donors (Lipinski definition) is 0. The van der Waals surface area contributed by atoms with Gasteiger partial charge in [0.15, 0.2) is 17.3 Å².